The number of hydrogen-bond donors (Lipinski definition) is 1. The van der Waals surface area contributed by atoms with E-state index in [0.717, 1.165) is 18.7 Å². The van der Waals surface area contributed by atoms with Gasteiger partial charge in [-0.3, -0.25) is 0 Å². The van der Waals surface area contributed by atoms with Crippen LogP contribution in [0, 0.1) is 17.6 Å². The molecule has 0 bridgehead atoms. The lowest BCUT2D eigenvalue weighted by Crippen LogP contribution is -2.46. The minimum absolute atomic E-state index is 0.0889. The van der Waals surface area contributed by atoms with Gasteiger partial charge in [-0.25, -0.2) is 8.78 Å². The fourth-order valence-corrected chi connectivity index (χ4v) is 2.43. The standard InChI is InChI=1S/C16H14ClF2NO/c17-14-6-1-10(7-15(14)19)16(11-8-20-9-11)21-13-4-2-12(18)3-5-13/h1-7,11,16,20H,8-9H2. The summed E-state index contributed by atoms with van der Waals surface area (Å²) in [5, 5.41) is 3.26. The van der Waals surface area contributed by atoms with Gasteiger partial charge >= 0.3 is 0 Å². The molecule has 110 valence electrons. The second-order valence-electron chi connectivity index (χ2n) is 5.08. The molecule has 1 fully saturated rings. The van der Waals surface area contributed by atoms with Crippen LogP contribution in [0.2, 0.25) is 5.02 Å². The van der Waals surface area contributed by atoms with Crippen LogP contribution in [0.4, 0.5) is 8.78 Å². The average molecular weight is 310 g/mol. The summed E-state index contributed by atoms with van der Waals surface area (Å²) in [6.45, 7) is 1.60. The maximum absolute atomic E-state index is 13.7. The molecule has 2 aromatic rings. The Hall–Kier alpha value is -1.65. The molecule has 2 nitrogen and oxygen atoms in total. The highest BCUT2D eigenvalue weighted by Gasteiger charge is 2.30. The SMILES string of the molecule is Fc1ccc(OC(c2ccc(Cl)c(F)c2)C2CNC2)cc1. The molecule has 1 aliphatic heterocycles. The molecule has 5 heteroatoms. The van der Waals surface area contributed by atoms with Gasteiger partial charge in [-0.15, -0.1) is 0 Å². The van der Waals surface area contributed by atoms with E-state index in [1.54, 1.807) is 18.2 Å². The smallest absolute Gasteiger partial charge is 0.142 e. The zero-order chi connectivity index (χ0) is 14.8. The fraction of sp³-hybridized carbons (Fsp3) is 0.250. The van der Waals surface area contributed by atoms with Crippen molar-refractivity contribution in [1.29, 1.82) is 0 Å². The van der Waals surface area contributed by atoms with Crippen molar-refractivity contribution in [2.75, 3.05) is 13.1 Å². The van der Waals surface area contributed by atoms with E-state index in [1.807, 2.05) is 0 Å². The highest BCUT2D eigenvalue weighted by molar-refractivity contribution is 6.30. The van der Waals surface area contributed by atoms with E-state index in [0.29, 0.717) is 5.75 Å². The van der Waals surface area contributed by atoms with Crippen LogP contribution in [0.5, 0.6) is 5.75 Å². The van der Waals surface area contributed by atoms with E-state index < -0.39 is 5.82 Å². The summed E-state index contributed by atoms with van der Waals surface area (Å²) in [7, 11) is 0. The summed E-state index contributed by atoms with van der Waals surface area (Å²) < 4.78 is 32.6. The quantitative estimate of drug-likeness (QED) is 0.923. The normalized spacial score (nSPS) is 16.3. The minimum Gasteiger partial charge on any atom is -0.485 e. The van der Waals surface area contributed by atoms with E-state index in [9.17, 15) is 8.78 Å². The van der Waals surface area contributed by atoms with E-state index in [2.05, 4.69) is 5.32 Å². The van der Waals surface area contributed by atoms with Crippen molar-refractivity contribution in [3.63, 3.8) is 0 Å². The summed E-state index contributed by atoms with van der Waals surface area (Å²) in [5.74, 6) is 0.0233. The van der Waals surface area contributed by atoms with Crippen molar-refractivity contribution >= 4 is 11.6 Å². The molecular weight excluding hydrogens is 296 g/mol. The van der Waals surface area contributed by atoms with Crippen LogP contribution in [0.25, 0.3) is 0 Å². The zero-order valence-corrected chi connectivity index (χ0v) is 11.9. The van der Waals surface area contributed by atoms with Gasteiger partial charge in [-0.2, -0.15) is 0 Å². The molecular formula is C16H14ClF2NO. The lowest BCUT2D eigenvalue weighted by Gasteiger charge is -2.35. The lowest BCUT2D eigenvalue weighted by molar-refractivity contribution is 0.0989. The maximum atomic E-state index is 13.7. The highest BCUT2D eigenvalue weighted by atomic mass is 35.5. The Bertz CT molecular complexity index is 629. The van der Waals surface area contributed by atoms with Gasteiger partial charge in [0.2, 0.25) is 0 Å². The van der Waals surface area contributed by atoms with Gasteiger partial charge in [0.25, 0.3) is 0 Å². The fourth-order valence-electron chi connectivity index (χ4n) is 2.31. The molecule has 1 atom stereocenters. The Labute approximate surface area is 126 Å². The first-order chi connectivity index (χ1) is 10.1. The third kappa shape index (κ3) is 3.17. The monoisotopic (exact) mass is 309 g/mol. The van der Waals surface area contributed by atoms with Crippen LogP contribution in [0.1, 0.15) is 11.7 Å². The van der Waals surface area contributed by atoms with Gasteiger partial charge in [-0.05, 0) is 42.0 Å². The van der Waals surface area contributed by atoms with Crippen LogP contribution in [-0.2, 0) is 0 Å². The number of nitrogens with one attached hydrogen (secondary N) is 1. The molecule has 1 aliphatic rings. The van der Waals surface area contributed by atoms with Crippen LogP contribution < -0.4 is 10.1 Å². The lowest BCUT2D eigenvalue weighted by atomic mass is 9.90. The summed E-state index contributed by atoms with van der Waals surface area (Å²) in [6.07, 6.45) is -0.288. The van der Waals surface area contributed by atoms with Crippen LogP contribution >= 0.6 is 11.6 Å². The molecule has 0 saturated carbocycles. The molecule has 1 heterocycles. The van der Waals surface area contributed by atoms with Crippen molar-refractivity contribution < 1.29 is 13.5 Å². The molecule has 0 aliphatic carbocycles. The predicted octanol–water partition coefficient (Wildman–Crippen LogP) is 3.96. The van der Waals surface area contributed by atoms with Crippen molar-refractivity contribution in [3.8, 4) is 5.75 Å². The van der Waals surface area contributed by atoms with Gasteiger partial charge in [-0.1, -0.05) is 17.7 Å². The largest absolute Gasteiger partial charge is 0.485 e. The number of ether oxygens (including phenoxy) is 1. The van der Waals surface area contributed by atoms with Gasteiger partial charge in [0.15, 0.2) is 0 Å². The van der Waals surface area contributed by atoms with Crippen molar-refractivity contribution in [3.05, 3.63) is 64.7 Å². The Kier molecular flexibility index (Phi) is 4.08. The van der Waals surface area contributed by atoms with E-state index in [-0.39, 0.29) is 22.9 Å². The van der Waals surface area contributed by atoms with Crippen LogP contribution in [-0.4, -0.2) is 13.1 Å². The average Bonchev–Trinajstić information content (AvgIpc) is 2.41. The number of hydrogen-bond acceptors (Lipinski definition) is 2. The van der Waals surface area contributed by atoms with E-state index in [1.165, 1.54) is 24.3 Å². The summed E-state index contributed by atoms with van der Waals surface area (Å²) >= 11 is 5.72. The second kappa shape index (κ2) is 6.00. The molecule has 0 aromatic heterocycles. The summed E-state index contributed by atoms with van der Waals surface area (Å²) in [6, 6.07) is 10.5. The predicted molar refractivity (Wildman–Crippen MR) is 77.5 cm³/mol. The van der Waals surface area contributed by atoms with Crippen LogP contribution in [0.3, 0.4) is 0 Å². The Morgan fingerprint density at radius 3 is 2.38 bits per heavy atom. The van der Waals surface area contributed by atoms with Crippen LogP contribution in [0.15, 0.2) is 42.5 Å². The number of halogens is 3. The minimum atomic E-state index is -0.464. The van der Waals surface area contributed by atoms with Gasteiger partial charge < -0.3 is 10.1 Å². The molecule has 21 heavy (non-hydrogen) atoms. The third-order valence-electron chi connectivity index (χ3n) is 3.59. The maximum Gasteiger partial charge on any atom is 0.142 e. The first-order valence-electron chi connectivity index (χ1n) is 6.71. The summed E-state index contributed by atoms with van der Waals surface area (Å²) in [5.41, 5.74) is 0.729. The number of benzene rings is 2. The molecule has 1 saturated heterocycles. The zero-order valence-electron chi connectivity index (χ0n) is 11.2. The Balaban J connectivity index is 1.86. The van der Waals surface area contributed by atoms with Gasteiger partial charge in [0.1, 0.15) is 23.5 Å². The third-order valence-corrected chi connectivity index (χ3v) is 3.90. The molecule has 2 aromatic carbocycles. The topological polar surface area (TPSA) is 21.3 Å². The highest BCUT2D eigenvalue weighted by Crippen LogP contribution is 2.32. The van der Waals surface area contributed by atoms with Crippen molar-refractivity contribution in [2.45, 2.75) is 6.10 Å². The van der Waals surface area contributed by atoms with Crippen molar-refractivity contribution in [1.82, 2.24) is 5.32 Å². The Morgan fingerprint density at radius 1 is 1.10 bits per heavy atom. The molecule has 3 rings (SSSR count). The molecule has 0 spiro atoms. The Morgan fingerprint density at radius 2 is 1.81 bits per heavy atom. The van der Waals surface area contributed by atoms with Crippen molar-refractivity contribution in [2.24, 2.45) is 5.92 Å². The van der Waals surface area contributed by atoms with Gasteiger partial charge in [0, 0.05) is 19.0 Å². The molecule has 0 radical (unpaired) electrons. The molecule has 1 unspecified atom stereocenters. The summed E-state index contributed by atoms with van der Waals surface area (Å²) in [4.78, 5) is 0. The van der Waals surface area contributed by atoms with Gasteiger partial charge in [0.05, 0.1) is 5.02 Å². The first-order valence-corrected chi connectivity index (χ1v) is 7.09. The second-order valence-corrected chi connectivity index (χ2v) is 5.49. The molecule has 1 N–H and O–H groups in total. The number of rotatable bonds is 4. The first kappa shape index (κ1) is 14.3. The molecule has 0 amide bonds. The van der Waals surface area contributed by atoms with E-state index >= 15 is 0 Å². The van der Waals surface area contributed by atoms with E-state index in [4.69, 9.17) is 16.3 Å².